The predicted octanol–water partition coefficient (Wildman–Crippen LogP) is 1.63. The highest BCUT2D eigenvalue weighted by Crippen LogP contribution is 2.30. The van der Waals surface area contributed by atoms with E-state index in [-0.39, 0.29) is 22.6 Å². The van der Waals surface area contributed by atoms with Crippen molar-refractivity contribution in [2.45, 2.75) is 6.92 Å². The fraction of sp³-hybridized carbons (Fsp3) is 0.444. The number of nitriles is 1. The Hall–Kier alpha value is -1.94. The van der Waals surface area contributed by atoms with Gasteiger partial charge in [0.1, 0.15) is 6.33 Å². The zero-order chi connectivity index (χ0) is 13.0. The monoisotopic (exact) mass is 255 g/mol. The summed E-state index contributed by atoms with van der Waals surface area (Å²) in [5, 5.41) is 19.3. The van der Waals surface area contributed by atoms with Crippen molar-refractivity contribution in [1.82, 2.24) is 9.97 Å². The molecule has 0 radical (unpaired) electrons. The first-order valence-corrected chi connectivity index (χ1v) is 5.10. The number of anilines is 1. The number of nitrogens with zero attached hydrogens (tertiary/aromatic N) is 5. The summed E-state index contributed by atoms with van der Waals surface area (Å²) in [5.74, 6) is -0.162. The first-order valence-electron chi connectivity index (χ1n) is 4.73. The normalized spacial score (nSPS) is 11.6. The number of nitro groups is 1. The van der Waals surface area contributed by atoms with Crippen molar-refractivity contribution >= 4 is 23.1 Å². The number of halogens is 1. The van der Waals surface area contributed by atoms with Gasteiger partial charge in [-0.3, -0.25) is 10.1 Å². The van der Waals surface area contributed by atoms with Crippen LogP contribution in [0, 0.1) is 27.4 Å². The summed E-state index contributed by atoms with van der Waals surface area (Å²) in [6.07, 6.45) is 1.15. The second kappa shape index (κ2) is 5.41. The van der Waals surface area contributed by atoms with Gasteiger partial charge in [-0.05, 0) is 6.92 Å². The third-order valence-corrected chi connectivity index (χ3v) is 2.35. The molecule has 0 bridgehead atoms. The SMILES string of the molecule is CC(C#N)CN(C)c1ncnc(Cl)c1[N+](=O)[O-]. The van der Waals surface area contributed by atoms with Crippen LogP contribution >= 0.6 is 11.6 Å². The molecular weight excluding hydrogens is 246 g/mol. The van der Waals surface area contributed by atoms with Crippen LogP contribution in [0.2, 0.25) is 5.15 Å². The van der Waals surface area contributed by atoms with Crippen molar-refractivity contribution in [3.05, 3.63) is 21.6 Å². The van der Waals surface area contributed by atoms with Gasteiger partial charge in [0.2, 0.25) is 11.0 Å². The maximum absolute atomic E-state index is 10.9. The molecule has 17 heavy (non-hydrogen) atoms. The van der Waals surface area contributed by atoms with Crippen molar-refractivity contribution in [2.24, 2.45) is 5.92 Å². The minimum Gasteiger partial charge on any atom is -0.353 e. The number of rotatable bonds is 4. The van der Waals surface area contributed by atoms with Gasteiger partial charge < -0.3 is 4.90 Å². The molecule has 0 saturated heterocycles. The molecule has 0 fully saturated rings. The maximum Gasteiger partial charge on any atom is 0.348 e. The Morgan fingerprint density at radius 1 is 1.71 bits per heavy atom. The predicted molar refractivity (Wildman–Crippen MR) is 61.7 cm³/mol. The summed E-state index contributed by atoms with van der Waals surface area (Å²) in [5.41, 5.74) is -0.346. The van der Waals surface area contributed by atoms with E-state index >= 15 is 0 Å². The Balaban J connectivity index is 3.10. The van der Waals surface area contributed by atoms with E-state index in [0.717, 1.165) is 6.33 Å². The van der Waals surface area contributed by atoms with Crippen molar-refractivity contribution < 1.29 is 4.92 Å². The minimum absolute atomic E-state index is 0.108. The minimum atomic E-state index is -0.634. The van der Waals surface area contributed by atoms with E-state index in [9.17, 15) is 10.1 Å². The Labute approximate surface area is 103 Å². The van der Waals surface area contributed by atoms with E-state index in [4.69, 9.17) is 16.9 Å². The third kappa shape index (κ3) is 3.01. The van der Waals surface area contributed by atoms with E-state index in [2.05, 4.69) is 9.97 Å². The lowest BCUT2D eigenvalue weighted by Gasteiger charge is -2.18. The van der Waals surface area contributed by atoms with Gasteiger partial charge in [0, 0.05) is 13.6 Å². The summed E-state index contributed by atoms with van der Waals surface area (Å²) in [6, 6.07) is 2.04. The van der Waals surface area contributed by atoms with Crippen LogP contribution in [0.3, 0.4) is 0 Å². The smallest absolute Gasteiger partial charge is 0.348 e. The highest BCUT2D eigenvalue weighted by Gasteiger charge is 2.24. The van der Waals surface area contributed by atoms with Crippen LogP contribution in [-0.4, -0.2) is 28.5 Å². The summed E-state index contributed by atoms with van der Waals surface area (Å²) < 4.78 is 0. The molecule has 90 valence electrons. The van der Waals surface area contributed by atoms with Gasteiger partial charge in [0.05, 0.1) is 16.9 Å². The Morgan fingerprint density at radius 3 is 2.88 bits per heavy atom. The topological polar surface area (TPSA) is 96.0 Å². The lowest BCUT2D eigenvalue weighted by molar-refractivity contribution is -0.384. The molecule has 1 rings (SSSR count). The zero-order valence-corrected chi connectivity index (χ0v) is 10.0. The Morgan fingerprint density at radius 2 is 2.35 bits per heavy atom. The van der Waals surface area contributed by atoms with Gasteiger partial charge in [0.15, 0.2) is 0 Å². The van der Waals surface area contributed by atoms with E-state index < -0.39 is 4.92 Å². The summed E-state index contributed by atoms with van der Waals surface area (Å²) in [7, 11) is 1.61. The third-order valence-electron chi connectivity index (χ3n) is 2.07. The van der Waals surface area contributed by atoms with Gasteiger partial charge >= 0.3 is 5.69 Å². The van der Waals surface area contributed by atoms with Crippen LogP contribution in [0.5, 0.6) is 0 Å². The fourth-order valence-corrected chi connectivity index (χ4v) is 1.52. The van der Waals surface area contributed by atoms with Crippen molar-refractivity contribution in [2.75, 3.05) is 18.5 Å². The zero-order valence-electron chi connectivity index (χ0n) is 9.29. The highest BCUT2D eigenvalue weighted by molar-refractivity contribution is 6.31. The van der Waals surface area contributed by atoms with E-state index in [1.54, 1.807) is 14.0 Å². The molecule has 0 aliphatic rings. The molecule has 0 N–H and O–H groups in total. The van der Waals surface area contributed by atoms with Crippen molar-refractivity contribution in [3.63, 3.8) is 0 Å². The molecule has 0 aliphatic heterocycles. The second-order valence-corrected chi connectivity index (χ2v) is 3.86. The quantitative estimate of drug-likeness (QED) is 0.461. The molecule has 0 spiro atoms. The lowest BCUT2D eigenvalue weighted by atomic mass is 10.2. The van der Waals surface area contributed by atoms with Gasteiger partial charge in [-0.1, -0.05) is 11.6 Å². The largest absolute Gasteiger partial charge is 0.353 e. The molecule has 1 aromatic heterocycles. The number of aromatic nitrogens is 2. The molecule has 0 aliphatic carbocycles. The van der Waals surface area contributed by atoms with Gasteiger partial charge in [0.25, 0.3) is 0 Å². The average molecular weight is 256 g/mol. The Kier molecular flexibility index (Phi) is 4.17. The summed E-state index contributed by atoms with van der Waals surface area (Å²) >= 11 is 5.65. The molecule has 1 unspecified atom stereocenters. The fourth-order valence-electron chi connectivity index (χ4n) is 1.32. The average Bonchev–Trinajstić information content (AvgIpc) is 2.27. The van der Waals surface area contributed by atoms with Crippen LogP contribution < -0.4 is 4.90 Å². The lowest BCUT2D eigenvalue weighted by Crippen LogP contribution is -2.25. The maximum atomic E-state index is 10.9. The van der Waals surface area contributed by atoms with E-state index in [1.807, 2.05) is 6.07 Å². The van der Waals surface area contributed by atoms with Gasteiger partial charge in [-0.2, -0.15) is 5.26 Å². The van der Waals surface area contributed by atoms with Crippen LogP contribution in [0.4, 0.5) is 11.5 Å². The standard InChI is InChI=1S/C9H10ClN5O2/c1-6(3-11)4-14(2)9-7(15(16)17)8(10)12-5-13-9/h5-6H,4H2,1-2H3. The molecule has 8 heteroatoms. The highest BCUT2D eigenvalue weighted by atomic mass is 35.5. The molecule has 0 aromatic carbocycles. The van der Waals surface area contributed by atoms with Crippen molar-refractivity contribution in [1.29, 1.82) is 5.26 Å². The first-order chi connectivity index (χ1) is 7.97. The molecular formula is C9H10ClN5O2. The van der Waals surface area contributed by atoms with Crippen LogP contribution in [0.15, 0.2) is 6.33 Å². The van der Waals surface area contributed by atoms with Gasteiger partial charge in [-0.15, -0.1) is 0 Å². The number of hydrogen-bond acceptors (Lipinski definition) is 6. The second-order valence-electron chi connectivity index (χ2n) is 3.50. The molecule has 1 aromatic rings. The van der Waals surface area contributed by atoms with Gasteiger partial charge in [-0.25, -0.2) is 9.97 Å². The molecule has 0 amide bonds. The van der Waals surface area contributed by atoms with Crippen LogP contribution in [-0.2, 0) is 0 Å². The molecule has 1 heterocycles. The van der Waals surface area contributed by atoms with E-state index in [0.29, 0.717) is 6.54 Å². The summed E-state index contributed by atoms with van der Waals surface area (Å²) in [4.78, 5) is 19.1. The Bertz CT molecular complexity index is 473. The molecule has 7 nitrogen and oxygen atoms in total. The molecule has 0 saturated carbocycles. The number of hydrogen-bond donors (Lipinski definition) is 0. The van der Waals surface area contributed by atoms with Crippen LogP contribution in [0.1, 0.15) is 6.92 Å². The van der Waals surface area contributed by atoms with Crippen molar-refractivity contribution in [3.8, 4) is 6.07 Å². The van der Waals surface area contributed by atoms with E-state index in [1.165, 1.54) is 4.90 Å². The molecule has 1 atom stereocenters. The summed E-state index contributed by atoms with van der Waals surface area (Å²) in [6.45, 7) is 2.04. The van der Waals surface area contributed by atoms with Crippen LogP contribution in [0.25, 0.3) is 0 Å². The first kappa shape index (κ1) is 13.1.